The molecule has 1 aromatic carbocycles. The number of likely N-dealkylation sites (tertiary alicyclic amines) is 1. The molecule has 5 heteroatoms. The molecule has 2 aliphatic rings. The van der Waals surface area contributed by atoms with Crippen LogP contribution in [0, 0.1) is 0 Å². The summed E-state index contributed by atoms with van der Waals surface area (Å²) in [5.41, 5.74) is 1.12. The fraction of sp³-hybridized carbons (Fsp3) is 0.562. The maximum atomic E-state index is 4.81. The fourth-order valence-electron chi connectivity index (χ4n) is 3.55. The number of anilines is 1. The minimum absolute atomic E-state index is 0.812. The van der Waals surface area contributed by atoms with Gasteiger partial charge < -0.3 is 9.80 Å². The Hall–Kier alpha value is -0.650. The number of thiazole rings is 1. The van der Waals surface area contributed by atoms with E-state index < -0.39 is 0 Å². The van der Waals surface area contributed by atoms with Crippen molar-refractivity contribution >= 4 is 42.6 Å². The monoisotopic (exact) mass is 365 g/mol. The first-order valence-corrected chi connectivity index (χ1v) is 9.46. The highest BCUT2D eigenvalue weighted by Crippen LogP contribution is 2.33. The van der Waals surface area contributed by atoms with E-state index in [1.165, 1.54) is 48.6 Å². The molecule has 1 aromatic heterocycles. The van der Waals surface area contributed by atoms with Crippen molar-refractivity contribution in [3.8, 4) is 0 Å². The Morgan fingerprint density at radius 1 is 1.10 bits per heavy atom. The van der Waals surface area contributed by atoms with E-state index in [9.17, 15) is 0 Å². The lowest BCUT2D eigenvalue weighted by Gasteiger charge is -2.36. The molecular formula is C16H20BrN3S. The van der Waals surface area contributed by atoms with Gasteiger partial charge >= 0.3 is 0 Å². The normalized spacial score (nSPS) is 21.5. The molecule has 2 aliphatic heterocycles. The predicted octanol–water partition coefficient (Wildman–Crippen LogP) is 4.12. The molecule has 0 spiro atoms. The van der Waals surface area contributed by atoms with E-state index in [1.807, 2.05) is 11.3 Å². The number of aromatic nitrogens is 1. The van der Waals surface area contributed by atoms with Crippen LogP contribution in [0.1, 0.15) is 25.7 Å². The van der Waals surface area contributed by atoms with Crippen LogP contribution < -0.4 is 4.90 Å². The van der Waals surface area contributed by atoms with Crippen molar-refractivity contribution in [2.45, 2.75) is 31.7 Å². The molecule has 2 saturated heterocycles. The lowest BCUT2D eigenvalue weighted by molar-refractivity contribution is 0.208. The van der Waals surface area contributed by atoms with Crippen LogP contribution in [0.3, 0.4) is 0 Å². The summed E-state index contributed by atoms with van der Waals surface area (Å²) < 4.78 is 2.42. The molecule has 2 aromatic rings. The van der Waals surface area contributed by atoms with Crippen LogP contribution >= 0.6 is 27.3 Å². The highest BCUT2D eigenvalue weighted by molar-refractivity contribution is 9.10. The van der Waals surface area contributed by atoms with E-state index in [1.54, 1.807) is 0 Å². The van der Waals surface area contributed by atoms with Crippen LogP contribution in [0.5, 0.6) is 0 Å². The van der Waals surface area contributed by atoms with Crippen molar-refractivity contribution in [2.75, 3.05) is 31.1 Å². The van der Waals surface area contributed by atoms with Crippen molar-refractivity contribution in [3.63, 3.8) is 0 Å². The Kier molecular flexibility index (Phi) is 3.90. The summed E-state index contributed by atoms with van der Waals surface area (Å²) in [6, 6.07) is 7.17. The topological polar surface area (TPSA) is 19.4 Å². The highest BCUT2D eigenvalue weighted by Gasteiger charge is 2.27. The van der Waals surface area contributed by atoms with Crippen LogP contribution in [0.4, 0.5) is 5.13 Å². The SMILES string of the molecule is Brc1ccc2nc(N3CCC(N4CCCC4)CC3)sc2c1. The van der Waals surface area contributed by atoms with Gasteiger partial charge in [-0.3, -0.25) is 0 Å². The second kappa shape index (κ2) is 5.86. The minimum atomic E-state index is 0.812. The summed E-state index contributed by atoms with van der Waals surface area (Å²) >= 11 is 5.37. The Labute approximate surface area is 138 Å². The molecule has 0 radical (unpaired) electrons. The van der Waals surface area contributed by atoms with Gasteiger partial charge in [0.1, 0.15) is 0 Å². The molecule has 0 atom stereocenters. The fourth-order valence-corrected chi connectivity index (χ4v) is 5.12. The summed E-state index contributed by atoms with van der Waals surface area (Å²) in [5, 5.41) is 1.20. The summed E-state index contributed by atoms with van der Waals surface area (Å²) in [6.45, 7) is 4.95. The average Bonchev–Trinajstić information content (AvgIpc) is 3.16. The van der Waals surface area contributed by atoms with Crippen molar-refractivity contribution < 1.29 is 0 Å². The van der Waals surface area contributed by atoms with Crippen LogP contribution in [0.2, 0.25) is 0 Å². The zero-order valence-corrected chi connectivity index (χ0v) is 14.5. The number of nitrogens with zero attached hydrogens (tertiary/aromatic N) is 3. The van der Waals surface area contributed by atoms with E-state index in [2.05, 4.69) is 43.9 Å². The zero-order chi connectivity index (χ0) is 14.2. The molecular weight excluding hydrogens is 346 g/mol. The van der Waals surface area contributed by atoms with E-state index in [0.29, 0.717) is 0 Å². The van der Waals surface area contributed by atoms with E-state index >= 15 is 0 Å². The zero-order valence-electron chi connectivity index (χ0n) is 12.1. The third-order valence-electron chi connectivity index (χ3n) is 4.73. The molecule has 0 unspecified atom stereocenters. The van der Waals surface area contributed by atoms with Crippen molar-refractivity contribution in [1.29, 1.82) is 0 Å². The second-order valence-corrected chi connectivity index (χ2v) is 7.99. The standard InChI is InChI=1S/C16H20BrN3S/c17-12-3-4-14-15(11-12)21-16(18-14)20-9-5-13(6-10-20)19-7-1-2-8-19/h3-4,11,13H,1-2,5-10H2. The van der Waals surface area contributed by atoms with Gasteiger partial charge in [-0.25, -0.2) is 4.98 Å². The van der Waals surface area contributed by atoms with Gasteiger partial charge in [-0.05, 0) is 57.0 Å². The Balaban J connectivity index is 1.46. The number of piperidine rings is 1. The Bertz CT molecular complexity index is 627. The average molecular weight is 366 g/mol. The quantitative estimate of drug-likeness (QED) is 0.797. The van der Waals surface area contributed by atoms with Gasteiger partial charge in [0.2, 0.25) is 0 Å². The molecule has 0 amide bonds. The van der Waals surface area contributed by atoms with E-state index in [0.717, 1.165) is 29.1 Å². The maximum absolute atomic E-state index is 4.81. The lowest BCUT2D eigenvalue weighted by Crippen LogP contribution is -2.43. The largest absolute Gasteiger partial charge is 0.348 e. The maximum Gasteiger partial charge on any atom is 0.186 e. The highest BCUT2D eigenvalue weighted by atomic mass is 79.9. The summed E-state index contributed by atoms with van der Waals surface area (Å²) in [5.74, 6) is 0. The predicted molar refractivity (Wildman–Crippen MR) is 93.4 cm³/mol. The molecule has 0 saturated carbocycles. The molecule has 0 bridgehead atoms. The third kappa shape index (κ3) is 2.83. The van der Waals surface area contributed by atoms with E-state index in [-0.39, 0.29) is 0 Å². The van der Waals surface area contributed by atoms with Crippen LogP contribution in [-0.4, -0.2) is 42.1 Å². The van der Waals surface area contributed by atoms with E-state index in [4.69, 9.17) is 4.98 Å². The van der Waals surface area contributed by atoms with Crippen molar-refractivity contribution in [2.24, 2.45) is 0 Å². The molecule has 21 heavy (non-hydrogen) atoms. The molecule has 4 rings (SSSR count). The van der Waals surface area contributed by atoms with Gasteiger partial charge in [-0.1, -0.05) is 27.3 Å². The van der Waals surface area contributed by atoms with Crippen molar-refractivity contribution in [1.82, 2.24) is 9.88 Å². The van der Waals surface area contributed by atoms with Gasteiger partial charge in [0.25, 0.3) is 0 Å². The number of benzene rings is 1. The Morgan fingerprint density at radius 2 is 1.86 bits per heavy atom. The number of rotatable bonds is 2. The van der Waals surface area contributed by atoms with Gasteiger partial charge in [-0.2, -0.15) is 0 Å². The number of halogens is 1. The van der Waals surface area contributed by atoms with Gasteiger partial charge in [-0.15, -0.1) is 0 Å². The molecule has 0 N–H and O–H groups in total. The first-order valence-electron chi connectivity index (χ1n) is 7.85. The van der Waals surface area contributed by atoms with Gasteiger partial charge in [0.05, 0.1) is 10.2 Å². The summed E-state index contributed by atoms with van der Waals surface area (Å²) in [4.78, 5) is 9.99. The number of fused-ring (bicyclic) bond motifs is 1. The Morgan fingerprint density at radius 3 is 2.62 bits per heavy atom. The molecule has 3 heterocycles. The molecule has 112 valence electrons. The minimum Gasteiger partial charge on any atom is -0.348 e. The molecule has 2 fully saturated rings. The van der Waals surface area contributed by atoms with Crippen LogP contribution in [0.15, 0.2) is 22.7 Å². The third-order valence-corrected chi connectivity index (χ3v) is 6.30. The van der Waals surface area contributed by atoms with Crippen LogP contribution in [-0.2, 0) is 0 Å². The van der Waals surface area contributed by atoms with Crippen molar-refractivity contribution in [3.05, 3.63) is 22.7 Å². The van der Waals surface area contributed by atoms with Gasteiger partial charge in [0, 0.05) is 23.6 Å². The summed E-state index contributed by atoms with van der Waals surface area (Å²) in [7, 11) is 0. The lowest BCUT2D eigenvalue weighted by atomic mass is 10.0. The number of hydrogen-bond donors (Lipinski definition) is 0. The van der Waals surface area contributed by atoms with Crippen LogP contribution in [0.25, 0.3) is 10.2 Å². The number of hydrogen-bond acceptors (Lipinski definition) is 4. The molecule has 3 nitrogen and oxygen atoms in total. The summed E-state index contributed by atoms with van der Waals surface area (Å²) in [6.07, 6.45) is 5.37. The smallest absolute Gasteiger partial charge is 0.186 e. The first kappa shape index (κ1) is 14.0. The first-order chi connectivity index (χ1) is 10.3. The van der Waals surface area contributed by atoms with Gasteiger partial charge in [0.15, 0.2) is 5.13 Å². The molecule has 0 aliphatic carbocycles. The second-order valence-electron chi connectivity index (χ2n) is 6.07.